The van der Waals surface area contributed by atoms with Gasteiger partial charge in [0.2, 0.25) is 0 Å². The van der Waals surface area contributed by atoms with Gasteiger partial charge in [0.15, 0.2) is 23.3 Å². The molecule has 2 N–H and O–H groups in total. The number of H-pyrrole nitrogens is 2. The molecule has 0 saturated heterocycles. The summed E-state index contributed by atoms with van der Waals surface area (Å²) in [5, 5.41) is 4.72. The van der Waals surface area contributed by atoms with Crippen LogP contribution in [0.15, 0.2) is 87.7 Å². The Balaban J connectivity index is 1.31. The highest BCUT2D eigenvalue weighted by Gasteiger charge is 2.32. The second kappa shape index (κ2) is 82.6. The summed E-state index contributed by atoms with van der Waals surface area (Å²) < 4.78 is 0. The molecule has 0 saturated carbocycles. The van der Waals surface area contributed by atoms with Crippen molar-refractivity contribution >= 4 is 138 Å². The van der Waals surface area contributed by atoms with E-state index in [-0.39, 0.29) is 0 Å². The first-order chi connectivity index (χ1) is 71.4. The van der Waals surface area contributed by atoms with Crippen LogP contribution in [0, 0.1) is 0 Å². The summed E-state index contributed by atoms with van der Waals surface area (Å²) in [5.41, 5.74) is 8.03. The first-order valence-electron chi connectivity index (χ1n) is 61.9. The summed E-state index contributed by atoms with van der Waals surface area (Å²) in [6.07, 6.45) is 106. The summed E-state index contributed by atoms with van der Waals surface area (Å²) in [6.45, 7) is 18.7. The van der Waals surface area contributed by atoms with Crippen LogP contribution in [0.4, 0.5) is 0 Å². The van der Waals surface area contributed by atoms with Gasteiger partial charge >= 0.3 is 0 Å². The molecule has 0 radical (unpaired) electrons. The number of unbranched alkanes of at least 4 members (excludes halogenated alkanes) is 72. The second-order valence-electron chi connectivity index (χ2n) is 43.1. The molecular weight excluding hydrogens is 1910 g/mol. The Labute approximate surface area is 918 Å². The Bertz CT molecular complexity index is 4050. The Hall–Kier alpha value is -2.96. The topological polar surface area (TPSA) is 109 Å². The van der Waals surface area contributed by atoms with Gasteiger partial charge in [-0.1, -0.05) is 518 Å². The standard InChI is InChI=1S/C128H210N8S8/c1-9-17-25-33-41-49-57-65-73-81-97-137-105-89-90-106(138-98-82-74-66-58-50-42-34-26-18-10-2)114-113(105)121-129-122(114)134-124-117-109(141-101-85-77-69-61-53-45-37-29-21-13-5)93-94-110(142-102-86-78-70-62-54-46-38-30-22-14-6)118(117)126(131-124)136-128-120-112(144-104-88-80-72-64-56-48-40-32-24-16-8)96-95-111(143-103-87-79-71-63-55-47-39-31-23-15-7)119(120)127(132-128)135-125-116-108(140-100-84-76-68-60-52-44-36-28-20-12-4)92-91-107(115(116)123(130-125)133-121)139-99-83-75-67-59-51-43-35-27-19-11-3/h89-96H,9-88,97-104H2,1-8H3,(H2,129,130,131,132,133,134,135,136). The van der Waals surface area contributed by atoms with Crippen LogP contribution in [-0.4, -0.2) is 85.9 Å². The van der Waals surface area contributed by atoms with Gasteiger partial charge in [0.25, 0.3) is 0 Å². The van der Waals surface area contributed by atoms with Crippen LogP contribution in [0.3, 0.4) is 0 Å². The number of aromatic nitrogens is 8. The van der Waals surface area contributed by atoms with E-state index in [0.29, 0.717) is 0 Å². The third-order valence-electron chi connectivity index (χ3n) is 30.2. The minimum atomic E-state index is 0.768. The van der Waals surface area contributed by atoms with E-state index >= 15 is 0 Å². The number of aromatic amines is 2. The molecule has 0 aliphatic carbocycles. The number of thioether (sulfide) groups is 8. The number of benzene rings is 4. The second-order valence-corrected chi connectivity index (χ2v) is 52.2. The smallest absolute Gasteiger partial charge is 0.165 e. The van der Waals surface area contributed by atoms with E-state index in [1.807, 2.05) is 47.0 Å². The maximum absolute atomic E-state index is 6.30. The Kier molecular flexibility index (Phi) is 71.4. The molecule has 0 amide bonds. The number of nitrogens with one attached hydrogen (secondary N) is 2. The lowest BCUT2D eigenvalue weighted by molar-refractivity contribution is 0.563. The van der Waals surface area contributed by atoms with Crippen molar-refractivity contribution in [1.29, 1.82) is 0 Å². The Morgan fingerprint density at radius 2 is 0.250 bits per heavy atom. The Morgan fingerprint density at radius 3 is 0.382 bits per heavy atom. The minimum absolute atomic E-state index is 0.768. The van der Waals surface area contributed by atoms with Crippen molar-refractivity contribution in [3.63, 3.8) is 0 Å². The summed E-state index contributed by atoms with van der Waals surface area (Å²) in [5.74, 6) is 11.5. The van der Waals surface area contributed by atoms with Gasteiger partial charge in [0, 0.05) is 83.0 Å². The van der Waals surface area contributed by atoms with E-state index in [4.69, 9.17) is 29.9 Å². The van der Waals surface area contributed by atoms with Gasteiger partial charge in [-0.05, 0) is 146 Å². The molecule has 3 aromatic heterocycles. The first-order valence-corrected chi connectivity index (χ1v) is 69.8. The van der Waals surface area contributed by atoms with Gasteiger partial charge in [0.05, 0.1) is 0 Å². The van der Waals surface area contributed by atoms with Gasteiger partial charge in [-0.25, -0.2) is 29.9 Å². The molecule has 144 heavy (non-hydrogen) atoms. The largest absolute Gasteiger partial charge is 0.324 e. The predicted molar refractivity (Wildman–Crippen MR) is 657 cm³/mol. The first kappa shape index (κ1) is 125. The molecule has 16 heteroatoms. The monoisotopic (exact) mass is 2120 g/mol. The highest BCUT2D eigenvalue weighted by atomic mass is 32.2. The molecule has 7 aromatic rings. The van der Waals surface area contributed by atoms with Crippen LogP contribution in [0.5, 0.6) is 0 Å². The molecular formula is C128H210N8S8. The molecule has 8 nitrogen and oxygen atoms in total. The molecule has 2 aliphatic rings. The molecule has 0 atom stereocenters. The lowest BCUT2D eigenvalue weighted by Crippen LogP contribution is -1.92. The van der Waals surface area contributed by atoms with Crippen molar-refractivity contribution in [2.24, 2.45) is 0 Å². The van der Waals surface area contributed by atoms with Crippen LogP contribution in [0.2, 0.25) is 0 Å². The lowest BCUT2D eigenvalue weighted by Gasteiger charge is -2.13. The van der Waals surface area contributed by atoms with Crippen molar-refractivity contribution in [3.05, 3.63) is 48.5 Å². The molecule has 810 valence electrons. The van der Waals surface area contributed by atoms with Gasteiger partial charge in [-0.2, -0.15) is 0 Å². The van der Waals surface area contributed by atoms with E-state index in [9.17, 15) is 0 Å². The third kappa shape index (κ3) is 48.8. The minimum Gasteiger partial charge on any atom is -0.324 e. The highest BCUT2D eigenvalue weighted by molar-refractivity contribution is 8.01. The van der Waals surface area contributed by atoms with Crippen molar-refractivity contribution in [2.75, 3.05) is 46.0 Å². The van der Waals surface area contributed by atoms with Gasteiger partial charge in [0.1, 0.15) is 22.6 Å². The molecule has 0 spiro atoms. The number of rotatable bonds is 96. The predicted octanol–water partition coefficient (Wildman–Crippen LogP) is 47.0. The molecule has 0 unspecified atom stereocenters. The van der Waals surface area contributed by atoms with Crippen LogP contribution in [-0.2, 0) is 0 Å². The van der Waals surface area contributed by atoms with Crippen LogP contribution >= 0.6 is 94.1 Å². The number of hydrogen-bond acceptors (Lipinski definition) is 14. The van der Waals surface area contributed by atoms with Gasteiger partial charge < -0.3 is 9.97 Å². The average Bonchev–Trinajstić information content (AvgIpc) is 1.57. The van der Waals surface area contributed by atoms with E-state index in [2.05, 4.69) is 161 Å². The van der Waals surface area contributed by atoms with Crippen molar-refractivity contribution in [1.82, 2.24) is 39.9 Å². The van der Waals surface area contributed by atoms with Crippen LogP contribution < -0.4 is 0 Å². The zero-order valence-electron chi connectivity index (χ0n) is 93.8. The highest BCUT2D eigenvalue weighted by Crippen LogP contribution is 2.52. The Morgan fingerprint density at radius 1 is 0.139 bits per heavy atom. The fourth-order valence-electron chi connectivity index (χ4n) is 21.2. The molecule has 0 fully saturated rings. The van der Waals surface area contributed by atoms with Crippen molar-refractivity contribution in [3.8, 4) is 45.6 Å². The van der Waals surface area contributed by atoms with Gasteiger partial charge in [-0.15, -0.1) is 94.1 Å². The van der Waals surface area contributed by atoms with Crippen LogP contribution in [0.25, 0.3) is 89.7 Å². The zero-order chi connectivity index (χ0) is 101. The molecule has 8 bridgehead atoms. The summed E-state index contributed by atoms with van der Waals surface area (Å²) in [6, 6.07) is 19.9. The van der Waals surface area contributed by atoms with E-state index < -0.39 is 0 Å². The number of fused-ring (bicyclic) bond motifs is 20. The fourth-order valence-corrected chi connectivity index (χ4v) is 29.8. The maximum Gasteiger partial charge on any atom is 0.165 e. The average molecular weight is 2120 g/mol. The quantitative estimate of drug-likeness (QED) is 0.0279. The summed E-state index contributed by atoms with van der Waals surface area (Å²) in [7, 11) is 0. The molecule has 2 aliphatic heterocycles. The van der Waals surface area contributed by atoms with E-state index in [1.165, 1.54) is 574 Å². The van der Waals surface area contributed by atoms with Crippen LogP contribution in [0.1, 0.15) is 569 Å². The van der Waals surface area contributed by atoms with Gasteiger partial charge in [-0.3, -0.25) is 0 Å². The van der Waals surface area contributed by atoms with Crippen molar-refractivity contribution in [2.45, 2.75) is 608 Å². The summed E-state index contributed by atoms with van der Waals surface area (Å²) >= 11 is 16.4. The van der Waals surface area contributed by atoms with E-state index in [0.717, 1.165) is 114 Å². The maximum atomic E-state index is 6.30. The molecule has 4 aromatic carbocycles. The third-order valence-corrected chi connectivity index (χ3v) is 39.3. The normalized spacial score (nSPS) is 12.1. The molecule has 9 rings (SSSR count). The van der Waals surface area contributed by atoms with Crippen molar-refractivity contribution < 1.29 is 0 Å². The molecule has 5 heterocycles. The lowest BCUT2D eigenvalue weighted by atomic mass is 10.1. The zero-order valence-corrected chi connectivity index (χ0v) is 100. The fraction of sp³-hybridized carbons (Fsp3) is 0.750. The summed E-state index contributed by atoms with van der Waals surface area (Å²) in [4.78, 5) is 56.2. The van der Waals surface area contributed by atoms with E-state index in [1.54, 1.807) is 0 Å². The number of nitrogens with zero attached hydrogens (tertiary/aromatic N) is 6. The number of hydrogen-bond donors (Lipinski definition) is 2. The SMILES string of the molecule is CCCCCCCCCCCCSc1ccc(SCCCCCCCCCCCC)c2c1-c1nc-2nc2[nH]c(nc3nc(nc4[nH]c(n1)c1c(SCCCCCCCCCCCC)ccc(SCCCCCCCCCCCC)c41)-c1c(SCCCCCCCCCCCC)ccc(SCCCCCCCCCCCC)c1-3)c1c(SCCCCCCCCCCCC)ccc(SCCCCCCCCCCCC)c21.